The number of benzene rings is 1. The Balaban J connectivity index is 2.67. The van der Waals surface area contributed by atoms with Crippen molar-refractivity contribution in [2.75, 3.05) is 6.61 Å². The summed E-state index contributed by atoms with van der Waals surface area (Å²) >= 11 is 0. The van der Waals surface area contributed by atoms with Crippen molar-refractivity contribution in [3.05, 3.63) is 35.4 Å². The third-order valence-electron chi connectivity index (χ3n) is 2.27. The van der Waals surface area contributed by atoms with Crippen LogP contribution in [-0.2, 0) is 6.42 Å². The fourth-order valence-corrected chi connectivity index (χ4v) is 1.43. The molecule has 0 saturated heterocycles. The van der Waals surface area contributed by atoms with Crippen LogP contribution in [0.1, 0.15) is 15.9 Å². The number of amides is 2. The van der Waals surface area contributed by atoms with Crippen LogP contribution in [0.2, 0.25) is 0 Å². The minimum Gasteiger partial charge on any atom is -0.465 e. The summed E-state index contributed by atoms with van der Waals surface area (Å²) in [5.74, 6) is -0.515. The van der Waals surface area contributed by atoms with Crippen LogP contribution in [0.4, 0.5) is 4.79 Å². The smallest absolute Gasteiger partial charge is 0.404 e. The molecule has 1 rings (SSSR count). The Labute approximate surface area is 98.1 Å². The first-order valence-corrected chi connectivity index (χ1v) is 5.02. The van der Waals surface area contributed by atoms with E-state index in [1.165, 1.54) is 0 Å². The van der Waals surface area contributed by atoms with Crippen LogP contribution in [0, 0.1) is 0 Å². The molecule has 0 radical (unpaired) electrons. The summed E-state index contributed by atoms with van der Waals surface area (Å²) in [5.41, 5.74) is 6.29. The van der Waals surface area contributed by atoms with Gasteiger partial charge in [0.25, 0.3) is 0 Å². The molecule has 0 heterocycles. The summed E-state index contributed by atoms with van der Waals surface area (Å²) in [6.07, 6.45) is -0.834. The van der Waals surface area contributed by atoms with E-state index in [1.807, 2.05) is 0 Å². The normalized spacial score (nSPS) is 11.8. The highest BCUT2D eigenvalue weighted by atomic mass is 16.4. The van der Waals surface area contributed by atoms with E-state index in [4.69, 9.17) is 15.9 Å². The van der Waals surface area contributed by atoms with Gasteiger partial charge in [-0.15, -0.1) is 0 Å². The van der Waals surface area contributed by atoms with Gasteiger partial charge in [-0.25, -0.2) is 4.79 Å². The molecule has 0 spiro atoms. The highest BCUT2D eigenvalue weighted by Gasteiger charge is 2.11. The number of nitrogens with two attached hydrogens (primary N) is 1. The predicted octanol–water partition coefficient (Wildman–Crippen LogP) is -0.0435. The van der Waals surface area contributed by atoms with Crippen LogP contribution in [0.25, 0.3) is 0 Å². The van der Waals surface area contributed by atoms with Gasteiger partial charge in [0.15, 0.2) is 0 Å². The lowest BCUT2D eigenvalue weighted by atomic mass is 10.0. The lowest BCUT2D eigenvalue weighted by Crippen LogP contribution is -2.38. The molecule has 5 N–H and O–H groups in total. The van der Waals surface area contributed by atoms with Crippen LogP contribution in [-0.4, -0.2) is 34.9 Å². The Kier molecular flexibility index (Phi) is 4.47. The van der Waals surface area contributed by atoms with Gasteiger partial charge in [-0.05, 0) is 24.1 Å². The Morgan fingerprint density at radius 3 is 2.29 bits per heavy atom. The first-order valence-electron chi connectivity index (χ1n) is 5.02. The number of rotatable bonds is 5. The van der Waals surface area contributed by atoms with Crippen molar-refractivity contribution in [1.29, 1.82) is 0 Å². The van der Waals surface area contributed by atoms with Gasteiger partial charge in [0, 0.05) is 5.56 Å². The number of carbonyl (C=O) groups is 2. The van der Waals surface area contributed by atoms with Gasteiger partial charge in [-0.3, -0.25) is 4.79 Å². The predicted molar refractivity (Wildman–Crippen MR) is 60.7 cm³/mol. The number of carboxylic acid groups (broad SMARTS) is 1. The van der Waals surface area contributed by atoms with Crippen molar-refractivity contribution < 1.29 is 19.8 Å². The molecule has 0 unspecified atom stereocenters. The average Bonchev–Trinajstić information content (AvgIpc) is 2.28. The Morgan fingerprint density at radius 2 is 1.88 bits per heavy atom. The summed E-state index contributed by atoms with van der Waals surface area (Å²) in [6.45, 7) is -0.288. The molecule has 0 aromatic heterocycles. The molecule has 0 aliphatic rings. The molecule has 1 atom stereocenters. The zero-order chi connectivity index (χ0) is 12.8. The lowest BCUT2D eigenvalue weighted by Gasteiger charge is -2.13. The van der Waals surface area contributed by atoms with Crippen LogP contribution < -0.4 is 11.1 Å². The number of hydrogen-bond acceptors (Lipinski definition) is 3. The Bertz CT molecular complexity index is 402. The maximum atomic E-state index is 10.8. The van der Waals surface area contributed by atoms with Gasteiger partial charge in [0.05, 0.1) is 12.6 Å². The molecule has 6 nitrogen and oxygen atoms in total. The van der Waals surface area contributed by atoms with Gasteiger partial charge < -0.3 is 21.3 Å². The van der Waals surface area contributed by atoms with Crippen LogP contribution in [0.3, 0.4) is 0 Å². The second-order valence-corrected chi connectivity index (χ2v) is 3.59. The lowest BCUT2D eigenvalue weighted by molar-refractivity contribution is 0.1000. The number of carbonyl (C=O) groups excluding carboxylic acids is 1. The molecule has 1 aromatic carbocycles. The third-order valence-corrected chi connectivity index (χ3v) is 2.27. The molecule has 6 heteroatoms. The van der Waals surface area contributed by atoms with E-state index in [-0.39, 0.29) is 6.61 Å². The van der Waals surface area contributed by atoms with Crippen molar-refractivity contribution in [2.45, 2.75) is 12.5 Å². The standard InChI is InChI=1S/C11H14N2O4/c12-10(15)8-3-1-7(2-4-8)5-9(6-14)13-11(16)17/h1-4,9,13-14H,5-6H2,(H2,12,15)(H,16,17)/t9-/m0/s1. The van der Waals surface area contributed by atoms with Crippen LogP contribution in [0.5, 0.6) is 0 Å². The highest BCUT2D eigenvalue weighted by molar-refractivity contribution is 5.92. The Hall–Kier alpha value is -2.08. The quantitative estimate of drug-likeness (QED) is 0.576. The topological polar surface area (TPSA) is 113 Å². The first kappa shape index (κ1) is 13.0. The van der Waals surface area contributed by atoms with Crippen LogP contribution >= 0.6 is 0 Å². The van der Waals surface area contributed by atoms with E-state index < -0.39 is 18.0 Å². The zero-order valence-electron chi connectivity index (χ0n) is 9.09. The summed E-state index contributed by atoms with van der Waals surface area (Å²) < 4.78 is 0. The van der Waals surface area contributed by atoms with Crippen molar-refractivity contribution in [3.63, 3.8) is 0 Å². The van der Waals surface area contributed by atoms with E-state index in [2.05, 4.69) is 5.32 Å². The van der Waals surface area contributed by atoms with E-state index in [0.717, 1.165) is 5.56 Å². The summed E-state index contributed by atoms with van der Waals surface area (Å²) in [6, 6.07) is 5.91. The molecule has 0 aliphatic heterocycles. The largest absolute Gasteiger partial charge is 0.465 e. The molecule has 0 fully saturated rings. The van der Waals surface area contributed by atoms with Crippen molar-refractivity contribution >= 4 is 12.0 Å². The van der Waals surface area contributed by atoms with Crippen molar-refractivity contribution in [3.8, 4) is 0 Å². The zero-order valence-corrected chi connectivity index (χ0v) is 9.09. The Morgan fingerprint density at radius 1 is 1.29 bits per heavy atom. The summed E-state index contributed by atoms with van der Waals surface area (Å²) in [7, 11) is 0. The maximum absolute atomic E-state index is 10.8. The summed E-state index contributed by atoms with van der Waals surface area (Å²) in [5, 5.41) is 19.7. The number of primary amides is 1. The van der Waals surface area contributed by atoms with Crippen molar-refractivity contribution in [2.24, 2.45) is 5.73 Å². The molecular weight excluding hydrogens is 224 g/mol. The number of aliphatic hydroxyl groups excluding tert-OH is 1. The number of aliphatic hydroxyl groups is 1. The van der Waals surface area contributed by atoms with E-state index in [0.29, 0.717) is 12.0 Å². The minimum atomic E-state index is -1.18. The number of hydrogen-bond donors (Lipinski definition) is 4. The monoisotopic (exact) mass is 238 g/mol. The molecular formula is C11H14N2O4. The SMILES string of the molecule is NC(=O)c1ccc(C[C@@H](CO)NC(=O)O)cc1. The van der Waals surface area contributed by atoms with Crippen LogP contribution in [0.15, 0.2) is 24.3 Å². The minimum absolute atomic E-state index is 0.288. The molecule has 0 bridgehead atoms. The summed E-state index contributed by atoms with van der Waals surface area (Å²) in [4.78, 5) is 21.2. The highest BCUT2D eigenvalue weighted by Crippen LogP contribution is 2.06. The average molecular weight is 238 g/mol. The first-order chi connectivity index (χ1) is 8.02. The molecule has 2 amide bonds. The molecule has 1 aromatic rings. The van der Waals surface area contributed by atoms with Gasteiger partial charge >= 0.3 is 6.09 Å². The van der Waals surface area contributed by atoms with Gasteiger partial charge in [-0.1, -0.05) is 12.1 Å². The van der Waals surface area contributed by atoms with E-state index in [9.17, 15) is 9.59 Å². The van der Waals surface area contributed by atoms with Gasteiger partial charge in [0.2, 0.25) is 5.91 Å². The maximum Gasteiger partial charge on any atom is 0.404 e. The molecule has 92 valence electrons. The van der Waals surface area contributed by atoms with Crippen molar-refractivity contribution in [1.82, 2.24) is 5.32 Å². The second kappa shape index (κ2) is 5.86. The van der Waals surface area contributed by atoms with Gasteiger partial charge in [-0.2, -0.15) is 0 Å². The molecule has 0 aliphatic carbocycles. The van der Waals surface area contributed by atoms with E-state index >= 15 is 0 Å². The fraction of sp³-hybridized carbons (Fsp3) is 0.273. The third kappa shape index (κ3) is 4.12. The molecule has 17 heavy (non-hydrogen) atoms. The van der Waals surface area contributed by atoms with E-state index in [1.54, 1.807) is 24.3 Å². The fourth-order valence-electron chi connectivity index (χ4n) is 1.43. The molecule has 0 saturated carbocycles. The number of nitrogens with one attached hydrogen (secondary N) is 1. The van der Waals surface area contributed by atoms with Gasteiger partial charge in [0.1, 0.15) is 0 Å². The second-order valence-electron chi connectivity index (χ2n) is 3.59.